The monoisotopic (exact) mass is 430 g/mol. The van der Waals surface area contributed by atoms with Crippen molar-refractivity contribution in [1.29, 1.82) is 0 Å². The number of carbonyl (C=O) groups is 1. The Labute approximate surface area is 174 Å². The Morgan fingerprint density at radius 1 is 1.00 bits per heavy atom. The van der Waals surface area contributed by atoms with E-state index in [1.54, 1.807) is 54.6 Å². The molecule has 0 heterocycles. The largest absolute Gasteiger partial charge is 0.455 e. The van der Waals surface area contributed by atoms with Gasteiger partial charge in [-0.15, -0.1) is 0 Å². The molecule has 0 atom stereocenters. The summed E-state index contributed by atoms with van der Waals surface area (Å²) in [5.74, 6) is 0.515. The van der Waals surface area contributed by atoms with Crippen LogP contribution in [0.4, 0.5) is 11.4 Å². The number of anilines is 2. The maximum Gasteiger partial charge on any atom is 0.257 e. The highest BCUT2D eigenvalue weighted by molar-refractivity contribution is 7.92. The van der Waals surface area contributed by atoms with Crippen LogP contribution in [0.1, 0.15) is 10.4 Å². The van der Waals surface area contributed by atoms with Gasteiger partial charge in [0, 0.05) is 12.1 Å². The van der Waals surface area contributed by atoms with Gasteiger partial charge in [-0.3, -0.25) is 9.10 Å². The highest BCUT2D eigenvalue weighted by atomic mass is 35.5. The Morgan fingerprint density at radius 3 is 2.34 bits per heavy atom. The molecule has 150 valence electrons. The van der Waals surface area contributed by atoms with Gasteiger partial charge in [-0.05, 0) is 42.5 Å². The number of amides is 1. The Kier molecular flexibility index (Phi) is 6.10. The number of carbonyl (C=O) groups excluding carboxylic acids is 1. The molecule has 29 heavy (non-hydrogen) atoms. The van der Waals surface area contributed by atoms with E-state index in [-0.39, 0.29) is 11.3 Å². The molecule has 0 saturated heterocycles. The topological polar surface area (TPSA) is 75.7 Å². The van der Waals surface area contributed by atoms with E-state index < -0.39 is 15.9 Å². The lowest BCUT2D eigenvalue weighted by Gasteiger charge is -2.20. The van der Waals surface area contributed by atoms with Crippen molar-refractivity contribution < 1.29 is 17.9 Å². The highest BCUT2D eigenvalue weighted by Crippen LogP contribution is 2.33. The zero-order valence-corrected chi connectivity index (χ0v) is 17.4. The molecule has 0 aromatic heterocycles. The lowest BCUT2D eigenvalue weighted by molar-refractivity contribution is 0.102. The third-order valence-electron chi connectivity index (χ3n) is 4.15. The smallest absolute Gasteiger partial charge is 0.257 e. The number of hydrogen-bond donors (Lipinski definition) is 1. The van der Waals surface area contributed by atoms with E-state index in [9.17, 15) is 13.2 Å². The molecular formula is C21H19ClN2O4S. The van der Waals surface area contributed by atoms with Crippen LogP contribution in [0.25, 0.3) is 0 Å². The minimum absolute atomic E-state index is 0.200. The summed E-state index contributed by atoms with van der Waals surface area (Å²) in [6, 6.07) is 20.4. The van der Waals surface area contributed by atoms with Crippen molar-refractivity contribution in [1.82, 2.24) is 0 Å². The van der Waals surface area contributed by atoms with Crippen molar-refractivity contribution in [3.63, 3.8) is 0 Å². The lowest BCUT2D eigenvalue weighted by atomic mass is 10.1. The Hall–Kier alpha value is -3.03. The quantitative estimate of drug-likeness (QED) is 0.610. The maximum atomic E-state index is 13.0. The van der Waals surface area contributed by atoms with Crippen LogP contribution in [-0.2, 0) is 10.0 Å². The summed E-state index contributed by atoms with van der Waals surface area (Å²) in [7, 11) is -2.14. The third kappa shape index (κ3) is 5.07. The van der Waals surface area contributed by atoms with E-state index in [2.05, 4.69) is 5.32 Å². The molecule has 0 bridgehead atoms. The predicted molar refractivity (Wildman–Crippen MR) is 116 cm³/mol. The molecule has 8 heteroatoms. The predicted octanol–water partition coefficient (Wildman–Crippen LogP) is 4.78. The molecule has 3 aromatic carbocycles. The Morgan fingerprint density at radius 2 is 1.66 bits per heavy atom. The minimum atomic E-state index is -3.53. The van der Waals surface area contributed by atoms with Crippen molar-refractivity contribution in [3.8, 4) is 11.5 Å². The van der Waals surface area contributed by atoms with Gasteiger partial charge in [0.25, 0.3) is 5.91 Å². The van der Waals surface area contributed by atoms with Gasteiger partial charge in [0.1, 0.15) is 5.75 Å². The van der Waals surface area contributed by atoms with Crippen molar-refractivity contribution in [2.45, 2.75) is 0 Å². The fourth-order valence-corrected chi connectivity index (χ4v) is 3.30. The van der Waals surface area contributed by atoms with Gasteiger partial charge >= 0.3 is 0 Å². The van der Waals surface area contributed by atoms with Crippen molar-refractivity contribution >= 4 is 38.9 Å². The first-order valence-corrected chi connectivity index (χ1v) is 10.8. The fraction of sp³-hybridized carbons (Fsp3) is 0.0952. The average molecular weight is 431 g/mol. The van der Waals surface area contributed by atoms with E-state index in [0.29, 0.717) is 22.2 Å². The van der Waals surface area contributed by atoms with Crippen LogP contribution in [0.15, 0.2) is 72.8 Å². The van der Waals surface area contributed by atoms with Crippen LogP contribution in [0.2, 0.25) is 5.02 Å². The third-order valence-corrected chi connectivity index (χ3v) is 5.57. The molecule has 0 aliphatic carbocycles. The Balaban J connectivity index is 1.93. The second kappa shape index (κ2) is 8.55. The van der Waals surface area contributed by atoms with Crippen LogP contribution >= 0.6 is 11.6 Å². The standard InChI is InChI=1S/C21H19ClN2O4S/c1-24(29(2,26)27)19-11-7-6-10-17(19)21(25)23-18-14-15(22)12-13-20(18)28-16-8-4-3-5-9-16/h3-14H,1-2H3,(H,23,25). The van der Waals surface area contributed by atoms with Crippen LogP contribution in [0.3, 0.4) is 0 Å². The number of nitrogens with one attached hydrogen (secondary N) is 1. The zero-order chi connectivity index (χ0) is 21.0. The molecule has 0 aliphatic heterocycles. The normalized spacial score (nSPS) is 11.0. The number of sulfonamides is 1. The van der Waals surface area contributed by atoms with Crippen molar-refractivity contribution in [2.75, 3.05) is 22.9 Å². The van der Waals surface area contributed by atoms with Crippen LogP contribution < -0.4 is 14.4 Å². The van der Waals surface area contributed by atoms with Gasteiger partial charge in [0.15, 0.2) is 5.75 Å². The maximum absolute atomic E-state index is 13.0. The Bertz CT molecular complexity index is 1130. The molecule has 3 aromatic rings. The molecule has 0 saturated carbocycles. The molecule has 0 radical (unpaired) electrons. The van der Waals surface area contributed by atoms with E-state index in [0.717, 1.165) is 10.6 Å². The first-order chi connectivity index (χ1) is 13.8. The molecule has 1 N–H and O–H groups in total. The zero-order valence-electron chi connectivity index (χ0n) is 15.8. The average Bonchev–Trinajstić information content (AvgIpc) is 2.69. The second-order valence-electron chi connectivity index (χ2n) is 6.26. The van der Waals surface area contributed by atoms with Gasteiger partial charge < -0.3 is 10.1 Å². The number of rotatable bonds is 6. The van der Waals surface area contributed by atoms with Crippen LogP contribution in [0, 0.1) is 0 Å². The van der Waals surface area contributed by atoms with Gasteiger partial charge in [0.2, 0.25) is 10.0 Å². The summed E-state index contributed by atoms with van der Waals surface area (Å²) < 4.78 is 30.8. The molecule has 3 rings (SSSR count). The van der Waals surface area contributed by atoms with Gasteiger partial charge in [-0.25, -0.2) is 8.42 Å². The molecule has 1 amide bonds. The lowest BCUT2D eigenvalue weighted by Crippen LogP contribution is -2.27. The number of para-hydroxylation sites is 2. The van der Waals surface area contributed by atoms with E-state index >= 15 is 0 Å². The summed E-state index contributed by atoms with van der Waals surface area (Å²) in [5, 5.41) is 3.18. The van der Waals surface area contributed by atoms with Crippen molar-refractivity contribution in [3.05, 3.63) is 83.4 Å². The molecule has 6 nitrogen and oxygen atoms in total. The highest BCUT2D eigenvalue weighted by Gasteiger charge is 2.20. The number of nitrogens with zero attached hydrogens (tertiary/aromatic N) is 1. The number of benzene rings is 3. The minimum Gasteiger partial charge on any atom is -0.455 e. The summed E-state index contributed by atoms with van der Waals surface area (Å²) >= 11 is 6.10. The molecule has 0 fully saturated rings. The summed E-state index contributed by atoms with van der Waals surface area (Å²) in [6.45, 7) is 0. The van der Waals surface area contributed by atoms with Gasteiger partial charge in [-0.2, -0.15) is 0 Å². The SMILES string of the molecule is CN(c1ccccc1C(=O)Nc1cc(Cl)ccc1Oc1ccccc1)S(C)(=O)=O. The number of ether oxygens (including phenoxy) is 1. The number of hydrogen-bond acceptors (Lipinski definition) is 4. The van der Waals surface area contributed by atoms with E-state index in [4.69, 9.17) is 16.3 Å². The molecule has 0 aliphatic rings. The summed E-state index contributed by atoms with van der Waals surface area (Å²) in [6.07, 6.45) is 1.07. The fourth-order valence-electron chi connectivity index (χ4n) is 2.61. The van der Waals surface area contributed by atoms with Gasteiger partial charge in [-0.1, -0.05) is 41.9 Å². The number of halogens is 1. The van der Waals surface area contributed by atoms with E-state index in [1.807, 2.05) is 18.2 Å². The van der Waals surface area contributed by atoms with Crippen molar-refractivity contribution in [2.24, 2.45) is 0 Å². The second-order valence-corrected chi connectivity index (χ2v) is 8.71. The molecule has 0 unspecified atom stereocenters. The van der Waals surface area contributed by atoms with Crippen LogP contribution in [0.5, 0.6) is 11.5 Å². The summed E-state index contributed by atoms with van der Waals surface area (Å²) in [4.78, 5) is 13.0. The van der Waals surface area contributed by atoms with Crippen LogP contribution in [-0.4, -0.2) is 27.6 Å². The van der Waals surface area contributed by atoms with E-state index in [1.165, 1.54) is 7.05 Å². The summed E-state index contributed by atoms with van der Waals surface area (Å²) in [5.41, 5.74) is 0.828. The first-order valence-electron chi connectivity index (χ1n) is 8.62. The molecule has 0 spiro atoms. The van der Waals surface area contributed by atoms with Gasteiger partial charge in [0.05, 0.1) is 23.2 Å². The first kappa shape index (κ1) is 20.7. The molecular weight excluding hydrogens is 412 g/mol.